The van der Waals surface area contributed by atoms with Crippen molar-refractivity contribution in [2.75, 3.05) is 20.3 Å². The molecular formula is C15H19F3N4O3S. The highest BCUT2D eigenvalue weighted by atomic mass is 32.1. The fraction of sp³-hybridized carbons (Fsp3) is 0.533. The summed E-state index contributed by atoms with van der Waals surface area (Å²) in [5.74, 6) is -2.40. The zero-order chi connectivity index (χ0) is 19.3. The number of alkyl halides is 3. The third-order valence-electron chi connectivity index (χ3n) is 3.75. The SMILES string of the molecule is COCC1CN(Cc2cccs2)Cc2nnn(C)c21.O=C(O)C(F)(F)F. The zero-order valence-corrected chi connectivity index (χ0v) is 15.0. The van der Waals surface area contributed by atoms with Crippen LogP contribution in [0.15, 0.2) is 17.5 Å². The second-order valence-electron chi connectivity index (χ2n) is 5.75. The maximum Gasteiger partial charge on any atom is 0.490 e. The van der Waals surface area contributed by atoms with Crippen molar-refractivity contribution in [1.82, 2.24) is 19.9 Å². The number of rotatable bonds is 4. The van der Waals surface area contributed by atoms with Crippen molar-refractivity contribution in [1.29, 1.82) is 0 Å². The summed E-state index contributed by atoms with van der Waals surface area (Å²) in [6.07, 6.45) is -5.08. The Balaban J connectivity index is 0.000000298. The van der Waals surface area contributed by atoms with E-state index in [9.17, 15) is 13.2 Å². The maximum atomic E-state index is 10.6. The number of ether oxygens (including phenoxy) is 1. The van der Waals surface area contributed by atoms with Crippen molar-refractivity contribution in [3.05, 3.63) is 33.8 Å². The van der Waals surface area contributed by atoms with E-state index >= 15 is 0 Å². The minimum absolute atomic E-state index is 0.355. The number of halogens is 3. The topological polar surface area (TPSA) is 80.5 Å². The van der Waals surface area contributed by atoms with E-state index in [1.54, 1.807) is 18.4 Å². The van der Waals surface area contributed by atoms with Crippen LogP contribution in [0.2, 0.25) is 0 Å². The first-order valence-electron chi connectivity index (χ1n) is 7.64. The van der Waals surface area contributed by atoms with Gasteiger partial charge < -0.3 is 9.84 Å². The van der Waals surface area contributed by atoms with Crippen molar-refractivity contribution in [2.24, 2.45) is 7.05 Å². The summed E-state index contributed by atoms with van der Waals surface area (Å²) in [4.78, 5) is 12.7. The Morgan fingerprint density at radius 1 is 1.50 bits per heavy atom. The zero-order valence-electron chi connectivity index (χ0n) is 14.2. The number of aliphatic carboxylic acids is 1. The lowest BCUT2D eigenvalue weighted by Crippen LogP contribution is -2.35. The number of thiophene rings is 1. The number of nitrogens with zero attached hydrogens (tertiary/aromatic N) is 4. The molecule has 0 saturated carbocycles. The Bertz CT molecular complexity index is 718. The minimum atomic E-state index is -5.08. The number of carbonyl (C=O) groups is 1. The third-order valence-corrected chi connectivity index (χ3v) is 4.61. The van der Waals surface area contributed by atoms with Gasteiger partial charge in [-0.15, -0.1) is 16.4 Å². The number of aryl methyl sites for hydroxylation is 1. The molecule has 3 heterocycles. The summed E-state index contributed by atoms with van der Waals surface area (Å²) in [6, 6.07) is 4.28. The molecule has 7 nitrogen and oxygen atoms in total. The van der Waals surface area contributed by atoms with Gasteiger partial charge in [-0.3, -0.25) is 9.58 Å². The molecule has 1 aliphatic heterocycles. The van der Waals surface area contributed by atoms with E-state index in [2.05, 4.69) is 32.7 Å². The van der Waals surface area contributed by atoms with Gasteiger partial charge in [0.15, 0.2) is 0 Å². The fourth-order valence-corrected chi connectivity index (χ4v) is 3.52. The molecular weight excluding hydrogens is 373 g/mol. The molecule has 0 amide bonds. The van der Waals surface area contributed by atoms with Crippen molar-refractivity contribution in [3.63, 3.8) is 0 Å². The summed E-state index contributed by atoms with van der Waals surface area (Å²) in [5.41, 5.74) is 2.32. The first kappa shape index (κ1) is 20.3. The lowest BCUT2D eigenvalue weighted by Gasteiger charge is -2.31. The van der Waals surface area contributed by atoms with Crippen LogP contribution in [0.25, 0.3) is 0 Å². The summed E-state index contributed by atoms with van der Waals surface area (Å²) >= 11 is 1.80. The molecule has 0 saturated heterocycles. The van der Waals surface area contributed by atoms with Gasteiger partial charge in [0.25, 0.3) is 0 Å². The van der Waals surface area contributed by atoms with Crippen LogP contribution in [0, 0.1) is 0 Å². The first-order valence-corrected chi connectivity index (χ1v) is 8.52. The molecule has 0 aromatic carbocycles. The molecule has 0 fully saturated rings. The van der Waals surface area contributed by atoms with E-state index in [4.69, 9.17) is 14.6 Å². The first-order chi connectivity index (χ1) is 12.2. The Morgan fingerprint density at radius 2 is 2.19 bits per heavy atom. The predicted octanol–water partition coefficient (Wildman–Crippen LogP) is 2.26. The molecule has 0 spiro atoms. The maximum absolute atomic E-state index is 10.6. The summed E-state index contributed by atoms with van der Waals surface area (Å²) < 4.78 is 39.0. The smallest absolute Gasteiger partial charge is 0.475 e. The molecule has 144 valence electrons. The second-order valence-corrected chi connectivity index (χ2v) is 6.78. The largest absolute Gasteiger partial charge is 0.490 e. The van der Waals surface area contributed by atoms with Crippen LogP contribution < -0.4 is 0 Å². The minimum Gasteiger partial charge on any atom is -0.475 e. The molecule has 1 N–H and O–H groups in total. The molecule has 2 aromatic heterocycles. The molecule has 3 rings (SSSR count). The van der Waals surface area contributed by atoms with Crippen molar-refractivity contribution < 1.29 is 27.8 Å². The molecule has 1 atom stereocenters. The Hall–Kier alpha value is -1.98. The highest BCUT2D eigenvalue weighted by Gasteiger charge is 2.38. The van der Waals surface area contributed by atoms with Crippen molar-refractivity contribution >= 4 is 17.3 Å². The number of fused-ring (bicyclic) bond motifs is 1. The standard InChI is InChI=1S/C13H18N4OS.C2HF3O2/c1-16-13-10(9-18-2)6-17(8-12(13)14-15-16)7-11-4-3-5-19-11;3-2(4,5)1(6)7/h3-5,10H,6-9H2,1-2H3;(H,6,7). The lowest BCUT2D eigenvalue weighted by atomic mass is 9.99. The van der Waals surface area contributed by atoms with Gasteiger partial charge in [-0.05, 0) is 11.4 Å². The number of hydrogen-bond acceptors (Lipinski definition) is 6. The van der Waals surface area contributed by atoms with Gasteiger partial charge in [-0.2, -0.15) is 13.2 Å². The molecule has 0 radical (unpaired) electrons. The van der Waals surface area contributed by atoms with Crippen LogP contribution in [0.4, 0.5) is 13.2 Å². The average molecular weight is 392 g/mol. The predicted molar refractivity (Wildman–Crippen MR) is 87.7 cm³/mol. The lowest BCUT2D eigenvalue weighted by molar-refractivity contribution is -0.192. The Labute approximate surface area is 152 Å². The molecule has 11 heteroatoms. The van der Waals surface area contributed by atoms with E-state index in [1.165, 1.54) is 10.6 Å². The van der Waals surface area contributed by atoms with Crippen LogP contribution in [0.5, 0.6) is 0 Å². The molecule has 1 aliphatic rings. The summed E-state index contributed by atoms with van der Waals surface area (Å²) in [5, 5.41) is 17.7. The third kappa shape index (κ3) is 5.26. The average Bonchev–Trinajstić information content (AvgIpc) is 3.18. The number of carboxylic acid groups (broad SMARTS) is 1. The van der Waals surface area contributed by atoms with E-state index < -0.39 is 12.1 Å². The van der Waals surface area contributed by atoms with E-state index in [-0.39, 0.29) is 0 Å². The monoisotopic (exact) mass is 392 g/mol. The van der Waals surface area contributed by atoms with Gasteiger partial charge in [0.2, 0.25) is 0 Å². The number of aromatic nitrogens is 3. The van der Waals surface area contributed by atoms with Crippen LogP contribution in [-0.4, -0.2) is 57.4 Å². The van der Waals surface area contributed by atoms with Gasteiger partial charge in [-0.25, -0.2) is 4.79 Å². The van der Waals surface area contributed by atoms with Gasteiger partial charge in [0.1, 0.15) is 5.69 Å². The van der Waals surface area contributed by atoms with Crippen LogP contribution in [0.3, 0.4) is 0 Å². The van der Waals surface area contributed by atoms with Crippen LogP contribution in [0.1, 0.15) is 22.2 Å². The Kier molecular flexibility index (Phi) is 6.73. The van der Waals surface area contributed by atoms with Gasteiger partial charge in [0.05, 0.1) is 12.3 Å². The molecule has 26 heavy (non-hydrogen) atoms. The molecule has 0 bridgehead atoms. The van der Waals surface area contributed by atoms with Crippen molar-refractivity contribution in [3.8, 4) is 0 Å². The molecule has 0 aliphatic carbocycles. The normalized spacial score (nSPS) is 17.3. The highest BCUT2D eigenvalue weighted by Crippen LogP contribution is 2.28. The highest BCUT2D eigenvalue weighted by molar-refractivity contribution is 7.09. The quantitative estimate of drug-likeness (QED) is 0.860. The van der Waals surface area contributed by atoms with Crippen LogP contribution >= 0.6 is 11.3 Å². The van der Waals surface area contributed by atoms with E-state index in [0.717, 1.165) is 31.9 Å². The van der Waals surface area contributed by atoms with Gasteiger partial charge in [0, 0.05) is 44.6 Å². The number of hydrogen-bond donors (Lipinski definition) is 1. The molecule has 2 aromatic rings. The van der Waals surface area contributed by atoms with Gasteiger partial charge in [-0.1, -0.05) is 11.3 Å². The second kappa shape index (κ2) is 8.60. The number of carboxylic acids is 1. The van der Waals surface area contributed by atoms with E-state index in [0.29, 0.717) is 5.92 Å². The summed E-state index contributed by atoms with van der Waals surface area (Å²) in [6.45, 7) is 3.57. The summed E-state index contributed by atoms with van der Waals surface area (Å²) in [7, 11) is 3.71. The van der Waals surface area contributed by atoms with Crippen molar-refractivity contribution in [2.45, 2.75) is 25.2 Å². The number of methoxy groups -OCH3 is 1. The van der Waals surface area contributed by atoms with Gasteiger partial charge >= 0.3 is 12.1 Å². The molecule has 1 unspecified atom stereocenters. The fourth-order valence-electron chi connectivity index (χ4n) is 2.77. The van der Waals surface area contributed by atoms with E-state index in [1.807, 2.05) is 11.7 Å². The van der Waals surface area contributed by atoms with Crippen LogP contribution in [-0.2, 0) is 29.7 Å². The Morgan fingerprint density at radius 3 is 2.73 bits per heavy atom.